The van der Waals surface area contributed by atoms with Crippen LogP contribution in [0, 0.1) is 0 Å². The average Bonchev–Trinajstić information content (AvgIpc) is 3.19. The number of para-hydroxylation sites is 1. The second-order valence-electron chi connectivity index (χ2n) is 9.19. The number of allylic oxidation sites excluding steroid dienone is 1. The third-order valence-electron chi connectivity index (χ3n) is 6.95. The van der Waals surface area contributed by atoms with Gasteiger partial charge in [0, 0.05) is 19.0 Å². The molecule has 0 radical (unpaired) electrons. The van der Waals surface area contributed by atoms with E-state index in [4.69, 9.17) is 4.74 Å². The van der Waals surface area contributed by atoms with Gasteiger partial charge in [-0.25, -0.2) is 9.36 Å². The van der Waals surface area contributed by atoms with Crippen LogP contribution in [0.15, 0.2) is 69.8 Å². The molecule has 0 aliphatic heterocycles. The summed E-state index contributed by atoms with van der Waals surface area (Å²) in [5.74, 6) is 0.333. The largest absolute Gasteiger partial charge is 0.497 e. The Balaban J connectivity index is 1.62. The van der Waals surface area contributed by atoms with Gasteiger partial charge in [-0.1, -0.05) is 29.8 Å². The first-order valence-corrected chi connectivity index (χ1v) is 12.3. The first kappa shape index (κ1) is 23.7. The fraction of sp³-hybridized carbons (Fsp3) is 0.321. The molecule has 1 aliphatic carbocycles. The van der Waals surface area contributed by atoms with E-state index in [1.165, 1.54) is 23.0 Å². The highest BCUT2D eigenvalue weighted by atomic mass is 16.5. The fourth-order valence-electron chi connectivity index (χ4n) is 5.10. The molecule has 2 heterocycles. The Hall–Kier alpha value is -4.07. The molecule has 8 nitrogen and oxygen atoms in total. The number of carbonyl (C=O) groups excluding carboxylic acids is 1. The van der Waals surface area contributed by atoms with Crippen LogP contribution in [0.4, 0.5) is 0 Å². The molecule has 2 aromatic carbocycles. The molecule has 5 rings (SSSR count). The number of aryl methyl sites for hydroxylation is 1. The number of ether oxygens (including phenoxy) is 1. The molecule has 0 saturated carbocycles. The predicted octanol–water partition coefficient (Wildman–Crippen LogP) is 3.66. The van der Waals surface area contributed by atoms with E-state index in [9.17, 15) is 14.4 Å². The van der Waals surface area contributed by atoms with Crippen LogP contribution < -0.4 is 21.3 Å². The number of nitrogens with zero attached hydrogens (tertiary/aromatic N) is 3. The van der Waals surface area contributed by atoms with Crippen molar-refractivity contribution in [3.8, 4) is 11.4 Å². The van der Waals surface area contributed by atoms with E-state index in [0.29, 0.717) is 34.4 Å². The number of carbonyl (C=O) groups is 1. The van der Waals surface area contributed by atoms with E-state index in [-0.39, 0.29) is 12.5 Å². The highest BCUT2D eigenvalue weighted by molar-refractivity contribution is 6.06. The zero-order chi connectivity index (χ0) is 25.2. The van der Waals surface area contributed by atoms with E-state index in [1.54, 1.807) is 49.1 Å². The van der Waals surface area contributed by atoms with Gasteiger partial charge in [0.2, 0.25) is 5.91 Å². The first-order valence-electron chi connectivity index (χ1n) is 12.3. The number of rotatable bonds is 7. The Kier molecular flexibility index (Phi) is 6.50. The second kappa shape index (κ2) is 9.89. The molecule has 0 unspecified atom stereocenters. The normalized spacial score (nSPS) is 13.7. The number of nitrogens with one attached hydrogen (secondary N) is 1. The summed E-state index contributed by atoms with van der Waals surface area (Å²) in [5.41, 5.74) is 2.39. The molecule has 8 heteroatoms. The molecule has 0 saturated heterocycles. The van der Waals surface area contributed by atoms with Crippen molar-refractivity contribution in [3.63, 3.8) is 0 Å². The lowest BCUT2D eigenvalue weighted by Gasteiger charge is -2.15. The number of fused-ring (bicyclic) bond motifs is 3. The van der Waals surface area contributed by atoms with Gasteiger partial charge in [-0.2, -0.15) is 0 Å². The van der Waals surface area contributed by atoms with Crippen molar-refractivity contribution in [1.29, 1.82) is 0 Å². The molecule has 1 amide bonds. The summed E-state index contributed by atoms with van der Waals surface area (Å²) in [4.78, 5) is 40.5. The second-order valence-corrected chi connectivity index (χ2v) is 9.19. The number of methoxy groups -OCH3 is 1. The van der Waals surface area contributed by atoms with E-state index in [2.05, 4.69) is 11.4 Å². The summed E-state index contributed by atoms with van der Waals surface area (Å²) < 4.78 is 9.72. The van der Waals surface area contributed by atoms with Gasteiger partial charge >= 0.3 is 5.69 Å². The minimum absolute atomic E-state index is 0.197. The molecule has 0 spiro atoms. The Labute approximate surface area is 208 Å². The lowest BCUT2D eigenvalue weighted by atomic mass is 9.97. The summed E-state index contributed by atoms with van der Waals surface area (Å²) in [6.45, 7) is 0.321. The van der Waals surface area contributed by atoms with Gasteiger partial charge in [0.15, 0.2) is 0 Å². The van der Waals surface area contributed by atoms with E-state index in [0.717, 1.165) is 29.3 Å². The van der Waals surface area contributed by atoms with Crippen LogP contribution in [0.1, 0.15) is 32.1 Å². The van der Waals surface area contributed by atoms with Crippen LogP contribution in [-0.4, -0.2) is 33.3 Å². The monoisotopic (exact) mass is 486 g/mol. The maximum atomic E-state index is 13.8. The maximum absolute atomic E-state index is 13.8. The Morgan fingerprint density at radius 2 is 1.86 bits per heavy atom. The summed E-state index contributed by atoms with van der Waals surface area (Å²) in [7, 11) is 3.36. The lowest BCUT2D eigenvalue weighted by Crippen LogP contribution is -2.42. The third-order valence-corrected chi connectivity index (χ3v) is 6.95. The molecule has 1 aliphatic rings. The van der Waals surface area contributed by atoms with Gasteiger partial charge in [0.25, 0.3) is 5.56 Å². The summed E-state index contributed by atoms with van der Waals surface area (Å²) in [6.07, 6.45) is 7.67. The number of hydrogen-bond donors (Lipinski definition) is 1. The smallest absolute Gasteiger partial charge is 0.336 e. The van der Waals surface area contributed by atoms with Crippen molar-refractivity contribution in [2.24, 2.45) is 7.05 Å². The van der Waals surface area contributed by atoms with Crippen molar-refractivity contribution in [1.82, 2.24) is 19.0 Å². The van der Waals surface area contributed by atoms with E-state index in [1.807, 2.05) is 18.2 Å². The van der Waals surface area contributed by atoms with Gasteiger partial charge < -0.3 is 14.6 Å². The molecule has 1 N–H and O–H groups in total. The molecule has 0 bridgehead atoms. The first-order chi connectivity index (χ1) is 17.5. The van der Waals surface area contributed by atoms with Crippen molar-refractivity contribution in [2.45, 2.75) is 38.6 Å². The lowest BCUT2D eigenvalue weighted by molar-refractivity contribution is -0.121. The summed E-state index contributed by atoms with van der Waals surface area (Å²) in [5, 5.41) is 3.65. The van der Waals surface area contributed by atoms with Crippen LogP contribution in [-0.2, 0) is 18.4 Å². The number of aromatic nitrogens is 3. The van der Waals surface area contributed by atoms with Crippen LogP contribution in [0.3, 0.4) is 0 Å². The van der Waals surface area contributed by atoms with Crippen LogP contribution in [0.5, 0.6) is 5.75 Å². The van der Waals surface area contributed by atoms with Gasteiger partial charge in [-0.3, -0.25) is 14.2 Å². The fourth-order valence-corrected chi connectivity index (χ4v) is 5.10. The van der Waals surface area contributed by atoms with Gasteiger partial charge in [0.05, 0.1) is 23.8 Å². The van der Waals surface area contributed by atoms with Crippen molar-refractivity contribution < 1.29 is 9.53 Å². The van der Waals surface area contributed by atoms with E-state index < -0.39 is 11.2 Å². The molecule has 36 heavy (non-hydrogen) atoms. The predicted molar refractivity (Wildman–Crippen MR) is 141 cm³/mol. The zero-order valence-electron chi connectivity index (χ0n) is 20.6. The van der Waals surface area contributed by atoms with Crippen molar-refractivity contribution in [2.75, 3.05) is 13.7 Å². The quantitative estimate of drug-likeness (QED) is 0.404. The zero-order valence-corrected chi connectivity index (χ0v) is 20.6. The third kappa shape index (κ3) is 4.23. The summed E-state index contributed by atoms with van der Waals surface area (Å²) >= 11 is 0. The number of hydrogen-bond acceptors (Lipinski definition) is 4. The molecular weight excluding hydrogens is 456 g/mol. The Bertz CT molecular complexity index is 1590. The van der Waals surface area contributed by atoms with Crippen LogP contribution >= 0.6 is 0 Å². The molecule has 2 aromatic heterocycles. The van der Waals surface area contributed by atoms with Gasteiger partial charge in [-0.15, -0.1) is 0 Å². The molecule has 0 atom stereocenters. The SMILES string of the molecule is COc1ccc2c(c1)c1c(c(=O)n(-c3ccccc3)c(=O)n1CC(=O)NCCC1=CCCCC1)n2C. The number of amides is 1. The standard InChI is InChI=1S/C28H30N4O4/c1-30-23-14-13-21(36-2)17-22(23)25-26(30)27(34)32(20-11-7-4-8-12-20)28(35)31(25)18-24(33)29-16-15-19-9-5-3-6-10-19/h4,7-9,11-14,17H,3,5-6,10,15-16,18H2,1-2H3,(H,29,33). The minimum atomic E-state index is -0.556. The van der Waals surface area contributed by atoms with Crippen molar-refractivity contribution >= 4 is 27.8 Å². The van der Waals surface area contributed by atoms with Crippen LogP contribution in [0.2, 0.25) is 0 Å². The minimum Gasteiger partial charge on any atom is -0.497 e. The van der Waals surface area contributed by atoms with E-state index >= 15 is 0 Å². The topological polar surface area (TPSA) is 87.3 Å². The van der Waals surface area contributed by atoms with Crippen LogP contribution in [0.25, 0.3) is 27.6 Å². The highest BCUT2D eigenvalue weighted by Crippen LogP contribution is 2.29. The highest BCUT2D eigenvalue weighted by Gasteiger charge is 2.22. The number of benzene rings is 2. The Morgan fingerprint density at radius 3 is 2.58 bits per heavy atom. The summed E-state index contributed by atoms with van der Waals surface area (Å²) in [6, 6.07) is 14.3. The average molecular weight is 487 g/mol. The Morgan fingerprint density at radius 1 is 1.06 bits per heavy atom. The molecular formula is C28H30N4O4. The van der Waals surface area contributed by atoms with Crippen molar-refractivity contribution in [3.05, 3.63) is 81.0 Å². The maximum Gasteiger partial charge on any atom is 0.336 e. The van der Waals surface area contributed by atoms with Gasteiger partial charge in [0.1, 0.15) is 17.8 Å². The van der Waals surface area contributed by atoms with Gasteiger partial charge in [-0.05, 0) is 62.4 Å². The molecule has 0 fully saturated rings. The molecule has 4 aromatic rings. The molecule has 186 valence electrons.